The van der Waals surface area contributed by atoms with Gasteiger partial charge in [-0.05, 0) is 61.9 Å². The number of carbonyl (C=O) groups excluding carboxylic acids is 3. The summed E-state index contributed by atoms with van der Waals surface area (Å²) in [7, 11) is 0. The molecule has 1 aromatic heterocycles. The normalized spacial score (nSPS) is 12.4. The van der Waals surface area contributed by atoms with E-state index in [9.17, 15) is 14.4 Å². The van der Waals surface area contributed by atoms with Crippen LogP contribution in [0.3, 0.4) is 0 Å². The Hall–Kier alpha value is -3.42. The lowest BCUT2D eigenvalue weighted by molar-refractivity contribution is -0.143. The third-order valence-electron chi connectivity index (χ3n) is 5.02. The number of ether oxygens (including phenoxy) is 2. The molecule has 0 aliphatic rings. The molecule has 0 saturated heterocycles. The number of esters is 1. The Bertz CT molecular complexity index is 1020. The number of nitrogens with zero attached hydrogens (tertiary/aromatic N) is 1. The predicted octanol–water partition coefficient (Wildman–Crippen LogP) is 4.68. The number of amides is 2. The fourth-order valence-corrected chi connectivity index (χ4v) is 3.34. The molecule has 190 valence electrons. The lowest BCUT2D eigenvalue weighted by Crippen LogP contribution is -2.41. The Morgan fingerprint density at radius 1 is 1.03 bits per heavy atom. The first-order valence-electron chi connectivity index (χ1n) is 11.8. The minimum absolute atomic E-state index is 0.0495. The Morgan fingerprint density at radius 2 is 1.74 bits per heavy atom. The number of pyridine rings is 1. The average Bonchev–Trinajstić information content (AvgIpc) is 2.76. The van der Waals surface area contributed by atoms with Crippen LogP contribution in [0.2, 0.25) is 0 Å². The van der Waals surface area contributed by atoms with Crippen molar-refractivity contribution in [2.45, 2.75) is 71.9 Å². The maximum atomic E-state index is 12.7. The number of nitrogens with one attached hydrogen (secondary N) is 2. The van der Waals surface area contributed by atoms with Gasteiger partial charge in [0, 0.05) is 18.0 Å². The van der Waals surface area contributed by atoms with E-state index in [0.717, 1.165) is 22.3 Å². The first-order valence-corrected chi connectivity index (χ1v) is 11.8. The number of hydrogen-bond acceptors (Lipinski definition) is 6. The molecule has 0 fully saturated rings. The van der Waals surface area contributed by atoms with Crippen LogP contribution in [0, 0.1) is 0 Å². The molecule has 2 aromatic rings. The van der Waals surface area contributed by atoms with E-state index >= 15 is 0 Å². The van der Waals surface area contributed by atoms with E-state index in [1.54, 1.807) is 40.1 Å². The summed E-state index contributed by atoms with van der Waals surface area (Å²) in [5, 5.41) is 5.32. The summed E-state index contributed by atoms with van der Waals surface area (Å²) < 4.78 is 10.3. The fraction of sp³-hybridized carbons (Fsp3) is 0.481. The molecular weight excluding hydrogens is 446 g/mol. The van der Waals surface area contributed by atoms with Crippen LogP contribution in [-0.2, 0) is 24.5 Å². The Morgan fingerprint density at radius 3 is 2.31 bits per heavy atom. The van der Waals surface area contributed by atoms with E-state index in [4.69, 9.17) is 9.47 Å². The molecule has 1 heterocycles. The largest absolute Gasteiger partial charge is 0.466 e. The third kappa shape index (κ3) is 9.39. The van der Waals surface area contributed by atoms with Crippen molar-refractivity contribution in [3.05, 3.63) is 53.9 Å². The Balaban J connectivity index is 2.36. The van der Waals surface area contributed by atoms with Gasteiger partial charge in [-0.1, -0.05) is 39.0 Å². The summed E-state index contributed by atoms with van der Waals surface area (Å²) in [6, 6.07) is 9.19. The van der Waals surface area contributed by atoms with Gasteiger partial charge in [0.2, 0.25) is 5.91 Å². The predicted molar refractivity (Wildman–Crippen MR) is 135 cm³/mol. The molecule has 0 spiro atoms. The first kappa shape index (κ1) is 27.8. The highest BCUT2D eigenvalue weighted by atomic mass is 16.6. The number of aromatic nitrogens is 1. The molecule has 0 aliphatic carbocycles. The van der Waals surface area contributed by atoms with Gasteiger partial charge in [-0.3, -0.25) is 14.6 Å². The van der Waals surface area contributed by atoms with Crippen molar-refractivity contribution in [3.63, 3.8) is 0 Å². The maximum Gasteiger partial charge on any atom is 0.408 e. The van der Waals surface area contributed by atoms with Crippen LogP contribution in [0.5, 0.6) is 0 Å². The van der Waals surface area contributed by atoms with Gasteiger partial charge in [-0.15, -0.1) is 0 Å². The minimum atomic E-state index is -0.691. The van der Waals surface area contributed by atoms with Crippen molar-refractivity contribution < 1.29 is 23.9 Å². The molecule has 1 atom stereocenters. The van der Waals surface area contributed by atoms with Crippen LogP contribution in [0.4, 0.5) is 4.79 Å². The molecule has 0 unspecified atom stereocenters. The van der Waals surface area contributed by atoms with Gasteiger partial charge in [-0.25, -0.2) is 4.79 Å². The monoisotopic (exact) mass is 483 g/mol. The molecule has 8 heteroatoms. The van der Waals surface area contributed by atoms with E-state index in [0.29, 0.717) is 0 Å². The molecular formula is C27H37N3O5. The maximum absolute atomic E-state index is 12.7. The molecule has 2 amide bonds. The fourth-order valence-electron chi connectivity index (χ4n) is 3.34. The molecule has 0 saturated carbocycles. The second-order valence-electron chi connectivity index (χ2n) is 10.3. The van der Waals surface area contributed by atoms with Gasteiger partial charge >= 0.3 is 12.1 Å². The van der Waals surface area contributed by atoms with Gasteiger partial charge in [0.15, 0.2) is 0 Å². The molecule has 0 bridgehead atoms. The van der Waals surface area contributed by atoms with Crippen LogP contribution in [0.1, 0.15) is 72.1 Å². The zero-order valence-corrected chi connectivity index (χ0v) is 21.7. The van der Waals surface area contributed by atoms with Crippen molar-refractivity contribution in [2.24, 2.45) is 0 Å². The van der Waals surface area contributed by atoms with Crippen LogP contribution in [0.15, 0.2) is 42.7 Å². The molecule has 1 aromatic carbocycles. The van der Waals surface area contributed by atoms with Gasteiger partial charge in [-0.2, -0.15) is 0 Å². The topological polar surface area (TPSA) is 107 Å². The zero-order valence-electron chi connectivity index (χ0n) is 21.7. The minimum Gasteiger partial charge on any atom is -0.466 e. The van der Waals surface area contributed by atoms with Crippen LogP contribution in [0.25, 0.3) is 11.1 Å². The van der Waals surface area contributed by atoms with Crippen LogP contribution < -0.4 is 10.6 Å². The lowest BCUT2D eigenvalue weighted by Gasteiger charge is -2.25. The highest BCUT2D eigenvalue weighted by Crippen LogP contribution is 2.32. The number of carbonyl (C=O) groups is 3. The lowest BCUT2D eigenvalue weighted by atomic mass is 9.83. The van der Waals surface area contributed by atoms with Crippen LogP contribution in [-0.4, -0.2) is 41.7 Å². The van der Waals surface area contributed by atoms with E-state index in [-0.39, 0.29) is 25.0 Å². The van der Waals surface area contributed by atoms with E-state index in [2.05, 4.69) is 42.5 Å². The highest BCUT2D eigenvalue weighted by molar-refractivity contribution is 5.83. The first-order chi connectivity index (χ1) is 16.3. The van der Waals surface area contributed by atoms with Crippen molar-refractivity contribution in [3.8, 4) is 11.1 Å². The molecule has 0 aliphatic heterocycles. The number of alkyl carbamates (subject to hydrolysis) is 1. The van der Waals surface area contributed by atoms with Crippen molar-refractivity contribution in [2.75, 3.05) is 13.2 Å². The Kier molecular flexibility index (Phi) is 9.40. The van der Waals surface area contributed by atoms with Crippen molar-refractivity contribution >= 4 is 18.0 Å². The quantitative estimate of drug-likeness (QED) is 0.528. The molecule has 35 heavy (non-hydrogen) atoms. The standard InChI is InChI=1S/C27H37N3O5/c1-8-34-24(32)15-22(30-23(31)17-29-25(33)35-27(5,6)7)20-12-19(18-10-9-11-28-16-18)13-21(14-20)26(2,3)4/h9-14,16,22H,8,15,17H2,1-7H3,(H,29,33)(H,30,31)/t22-/m0/s1. The summed E-state index contributed by atoms with van der Waals surface area (Å²) in [4.78, 5) is 41.3. The van der Waals surface area contributed by atoms with E-state index in [1.165, 1.54) is 0 Å². The average molecular weight is 484 g/mol. The number of hydrogen-bond donors (Lipinski definition) is 2. The van der Waals surface area contributed by atoms with Gasteiger partial charge < -0.3 is 20.1 Å². The summed E-state index contributed by atoms with van der Waals surface area (Å²) in [5.41, 5.74) is 2.80. The Labute approximate surface area is 207 Å². The molecule has 2 N–H and O–H groups in total. The molecule has 8 nitrogen and oxygen atoms in total. The summed E-state index contributed by atoms with van der Waals surface area (Å²) in [6.07, 6.45) is 2.74. The van der Waals surface area contributed by atoms with Crippen LogP contribution >= 0.6 is 0 Å². The second kappa shape index (κ2) is 11.8. The number of rotatable bonds is 8. The highest BCUT2D eigenvalue weighted by Gasteiger charge is 2.24. The molecule has 2 rings (SSSR count). The van der Waals surface area contributed by atoms with Gasteiger partial charge in [0.25, 0.3) is 0 Å². The van der Waals surface area contributed by atoms with Gasteiger partial charge in [0.05, 0.1) is 19.1 Å². The number of benzene rings is 1. The van der Waals surface area contributed by atoms with Gasteiger partial charge in [0.1, 0.15) is 12.1 Å². The van der Waals surface area contributed by atoms with E-state index < -0.39 is 29.6 Å². The molecule has 0 radical (unpaired) electrons. The van der Waals surface area contributed by atoms with Crippen molar-refractivity contribution in [1.82, 2.24) is 15.6 Å². The smallest absolute Gasteiger partial charge is 0.408 e. The van der Waals surface area contributed by atoms with Crippen molar-refractivity contribution in [1.29, 1.82) is 0 Å². The summed E-state index contributed by atoms with van der Waals surface area (Å²) in [5.74, 6) is -0.878. The summed E-state index contributed by atoms with van der Waals surface area (Å²) >= 11 is 0. The summed E-state index contributed by atoms with van der Waals surface area (Å²) in [6.45, 7) is 13.2. The second-order valence-corrected chi connectivity index (χ2v) is 10.3. The SMILES string of the molecule is CCOC(=O)C[C@H](NC(=O)CNC(=O)OC(C)(C)C)c1cc(-c2cccnc2)cc(C(C)(C)C)c1. The van der Waals surface area contributed by atoms with E-state index in [1.807, 2.05) is 24.3 Å². The zero-order chi connectivity index (χ0) is 26.2. The third-order valence-corrected chi connectivity index (χ3v) is 5.02.